The van der Waals surface area contributed by atoms with Crippen LogP contribution >= 0.6 is 17.6 Å². The maximum absolute atomic E-state index is 11.2. The highest BCUT2D eigenvalue weighted by atomic mass is 31.1. The van der Waals surface area contributed by atoms with Crippen LogP contribution in [0, 0.1) is 11.8 Å². The van der Waals surface area contributed by atoms with Gasteiger partial charge in [0.1, 0.15) is 5.60 Å². The van der Waals surface area contributed by atoms with Crippen molar-refractivity contribution in [1.29, 1.82) is 0 Å². The van der Waals surface area contributed by atoms with E-state index in [2.05, 4.69) is 11.8 Å². The first-order valence-electron chi connectivity index (χ1n) is 4.89. The molecule has 0 rings (SSSR count). The van der Waals surface area contributed by atoms with Crippen LogP contribution in [0.2, 0.25) is 0 Å². The lowest BCUT2D eigenvalue weighted by molar-refractivity contribution is 0.147. The molecule has 0 fully saturated rings. The van der Waals surface area contributed by atoms with Crippen molar-refractivity contribution in [2.75, 3.05) is 6.16 Å². The first-order chi connectivity index (χ1) is 7.37. The van der Waals surface area contributed by atoms with Gasteiger partial charge >= 0.3 is 5.71 Å². The largest absolute Gasteiger partial charge is 0.417 e. The first kappa shape index (κ1) is 15.8. The lowest BCUT2D eigenvalue weighted by atomic mass is 10.1. The summed E-state index contributed by atoms with van der Waals surface area (Å²) in [5.74, 6) is 5.25. The van der Waals surface area contributed by atoms with Crippen LogP contribution in [0.3, 0.4) is 0 Å². The molecule has 16 heavy (non-hydrogen) atoms. The molecule has 0 spiro atoms. The van der Waals surface area contributed by atoms with Crippen LogP contribution in [-0.4, -0.2) is 28.7 Å². The fourth-order valence-corrected chi connectivity index (χ4v) is 2.06. The Labute approximate surface area is 100 Å². The summed E-state index contributed by atoms with van der Waals surface area (Å²) in [6.07, 6.45) is 0.335. The number of hydrogen-bond donors (Lipinski definition) is 1. The van der Waals surface area contributed by atoms with Gasteiger partial charge in [-0.15, -0.1) is 5.92 Å². The van der Waals surface area contributed by atoms with Gasteiger partial charge < -0.3 is 14.2 Å². The number of aliphatic hydroxyl groups is 1. The number of hydrogen-bond acceptors (Lipinski definition) is 4. The third-order valence-corrected chi connectivity index (χ3v) is 3.69. The molecule has 0 radical (unpaired) electrons. The SMILES string of the molecule is CC#CC(C)(O)CPC(=O)OPOC(C)C. The fourth-order valence-electron chi connectivity index (χ4n) is 0.752. The molecule has 3 atom stereocenters. The fraction of sp³-hybridized carbons (Fsp3) is 0.700. The highest BCUT2D eigenvalue weighted by Crippen LogP contribution is 2.27. The molecule has 0 aliphatic heterocycles. The number of carbonyl (C=O) groups excluding carboxylic acids is 1. The first-order valence-corrected chi connectivity index (χ1v) is 6.91. The summed E-state index contributed by atoms with van der Waals surface area (Å²) in [4.78, 5) is 11.2. The second-order valence-electron chi connectivity index (χ2n) is 3.64. The van der Waals surface area contributed by atoms with E-state index in [0.717, 1.165) is 0 Å². The monoisotopic (exact) mass is 264 g/mol. The highest BCUT2D eigenvalue weighted by Gasteiger charge is 2.19. The summed E-state index contributed by atoms with van der Waals surface area (Å²) in [6, 6.07) is 0. The normalized spacial score (nSPS) is 15.4. The Morgan fingerprint density at radius 2 is 2.19 bits per heavy atom. The second kappa shape index (κ2) is 7.98. The maximum atomic E-state index is 11.2. The third-order valence-electron chi connectivity index (χ3n) is 1.39. The van der Waals surface area contributed by atoms with Crippen LogP contribution in [0.4, 0.5) is 4.79 Å². The summed E-state index contributed by atoms with van der Waals surface area (Å²) in [7, 11) is -0.389. The topological polar surface area (TPSA) is 55.8 Å². The van der Waals surface area contributed by atoms with Gasteiger partial charge in [0, 0.05) is 6.16 Å². The van der Waals surface area contributed by atoms with E-state index in [4.69, 9.17) is 9.05 Å². The zero-order valence-electron chi connectivity index (χ0n) is 9.96. The van der Waals surface area contributed by atoms with Crippen molar-refractivity contribution >= 4 is 23.3 Å². The summed E-state index contributed by atoms with van der Waals surface area (Å²) >= 11 is 0. The van der Waals surface area contributed by atoms with Gasteiger partial charge in [-0.3, -0.25) is 0 Å². The molecule has 0 saturated heterocycles. The Bertz CT molecular complexity index is 278. The van der Waals surface area contributed by atoms with E-state index in [1.807, 2.05) is 13.8 Å². The van der Waals surface area contributed by atoms with Gasteiger partial charge in [-0.05, 0) is 36.3 Å². The predicted molar refractivity (Wildman–Crippen MR) is 68.3 cm³/mol. The van der Waals surface area contributed by atoms with E-state index in [9.17, 15) is 9.90 Å². The molecule has 0 amide bonds. The van der Waals surface area contributed by atoms with Crippen molar-refractivity contribution in [1.82, 2.24) is 0 Å². The minimum Gasteiger partial charge on any atom is -0.417 e. The van der Waals surface area contributed by atoms with Crippen molar-refractivity contribution in [3.05, 3.63) is 0 Å². The molecule has 0 aromatic carbocycles. The molecule has 0 saturated carbocycles. The minimum absolute atomic E-state index is 0.0449. The molecule has 0 heterocycles. The van der Waals surface area contributed by atoms with E-state index < -0.39 is 5.60 Å². The molecule has 6 heteroatoms. The Hall–Kier alpha value is -0.190. The molecule has 0 aliphatic carbocycles. The van der Waals surface area contributed by atoms with Gasteiger partial charge in [-0.1, -0.05) is 5.92 Å². The van der Waals surface area contributed by atoms with Gasteiger partial charge in [-0.25, -0.2) is 4.79 Å². The Morgan fingerprint density at radius 3 is 2.69 bits per heavy atom. The van der Waals surface area contributed by atoms with E-state index >= 15 is 0 Å². The molecular weight excluding hydrogens is 246 g/mol. The molecule has 0 bridgehead atoms. The van der Waals surface area contributed by atoms with Crippen LogP contribution in [-0.2, 0) is 9.05 Å². The van der Waals surface area contributed by atoms with Crippen molar-refractivity contribution in [3.8, 4) is 11.8 Å². The van der Waals surface area contributed by atoms with Crippen LogP contribution in [0.15, 0.2) is 0 Å². The Morgan fingerprint density at radius 1 is 1.56 bits per heavy atom. The van der Waals surface area contributed by atoms with Crippen molar-refractivity contribution in [3.63, 3.8) is 0 Å². The van der Waals surface area contributed by atoms with Gasteiger partial charge in [0.25, 0.3) is 0 Å². The van der Waals surface area contributed by atoms with E-state index in [1.165, 1.54) is 0 Å². The summed E-state index contributed by atoms with van der Waals surface area (Å²) in [5.41, 5.74) is -1.47. The number of carbonyl (C=O) groups is 1. The smallest absolute Gasteiger partial charge is 0.327 e. The average molecular weight is 264 g/mol. The van der Waals surface area contributed by atoms with E-state index in [0.29, 0.717) is 6.16 Å². The van der Waals surface area contributed by atoms with Gasteiger partial charge in [-0.2, -0.15) is 0 Å². The molecule has 3 unspecified atom stereocenters. The molecule has 0 aromatic heterocycles. The van der Waals surface area contributed by atoms with E-state index in [1.54, 1.807) is 13.8 Å². The molecule has 0 aromatic rings. The Kier molecular flexibility index (Phi) is 7.89. The highest BCUT2D eigenvalue weighted by molar-refractivity contribution is 7.58. The molecule has 0 aliphatic rings. The van der Waals surface area contributed by atoms with Crippen LogP contribution in [0.1, 0.15) is 27.7 Å². The van der Waals surface area contributed by atoms with Gasteiger partial charge in [0.05, 0.1) is 6.10 Å². The average Bonchev–Trinajstić information content (AvgIpc) is 2.14. The van der Waals surface area contributed by atoms with Gasteiger partial charge in [0.2, 0.25) is 9.03 Å². The molecule has 92 valence electrons. The van der Waals surface area contributed by atoms with Crippen molar-refractivity contribution in [2.45, 2.75) is 39.4 Å². The minimum atomic E-state index is -1.12. The van der Waals surface area contributed by atoms with Crippen LogP contribution in [0.5, 0.6) is 0 Å². The van der Waals surface area contributed by atoms with Crippen LogP contribution < -0.4 is 0 Å². The zero-order valence-corrected chi connectivity index (χ0v) is 12.0. The summed E-state index contributed by atoms with van der Waals surface area (Å²) < 4.78 is 9.94. The van der Waals surface area contributed by atoms with Crippen molar-refractivity contribution < 1.29 is 18.9 Å². The summed E-state index contributed by atoms with van der Waals surface area (Å²) in [5, 5.41) is 9.67. The van der Waals surface area contributed by atoms with E-state index in [-0.39, 0.29) is 29.4 Å². The van der Waals surface area contributed by atoms with Crippen LogP contribution in [0.25, 0.3) is 0 Å². The third kappa shape index (κ3) is 9.07. The molecule has 4 nitrogen and oxygen atoms in total. The van der Waals surface area contributed by atoms with Crippen molar-refractivity contribution in [2.24, 2.45) is 0 Å². The Balaban J connectivity index is 3.76. The number of rotatable bonds is 6. The summed E-state index contributed by atoms with van der Waals surface area (Å²) in [6.45, 7) is 6.96. The molecule has 1 N–H and O–H groups in total. The van der Waals surface area contributed by atoms with Gasteiger partial charge in [0.15, 0.2) is 0 Å². The predicted octanol–water partition coefficient (Wildman–Crippen LogP) is 2.51. The lowest BCUT2D eigenvalue weighted by Crippen LogP contribution is -2.24. The maximum Gasteiger partial charge on any atom is 0.327 e. The second-order valence-corrected chi connectivity index (χ2v) is 5.36. The quantitative estimate of drug-likeness (QED) is 0.591. The lowest BCUT2D eigenvalue weighted by Gasteiger charge is -2.15. The standard InChI is InChI=1S/C10H18O4P2/c1-5-6-10(4,12)7-15-9(11)14-16-13-8(2)3/h8,12,15-16H,7H2,1-4H3. The molecular formula is C10H18O4P2. The zero-order chi connectivity index (χ0) is 12.6.